The summed E-state index contributed by atoms with van der Waals surface area (Å²) in [6.45, 7) is 0.156. The minimum Gasteiger partial charge on any atom is -0.375 e. The normalized spacial score (nSPS) is 9.20. The first-order valence-electron chi connectivity index (χ1n) is 2.63. The molecule has 1 rings (SSSR count). The van der Waals surface area contributed by atoms with Gasteiger partial charge in [-0.15, -0.1) is 11.3 Å². The predicted molar refractivity (Wildman–Crippen MR) is 40.7 cm³/mol. The smallest absolute Gasteiger partial charge is 0.219 e. The number of carbonyl (C=O) groups excluding carboxylic acids is 1. The van der Waals surface area contributed by atoms with Gasteiger partial charge in [0.25, 0.3) is 0 Å². The average Bonchev–Trinajstić information content (AvgIpc) is 2.31. The summed E-state index contributed by atoms with van der Waals surface area (Å²) in [5.74, 6) is 0.630. The highest BCUT2D eigenvalue weighted by Gasteiger charge is 1.94. The SMILES string of the molecule is Nc1nc(NC[C]=O)cs1. The van der Waals surface area contributed by atoms with Crippen LogP contribution in [0.3, 0.4) is 0 Å². The summed E-state index contributed by atoms with van der Waals surface area (Å²) in [4.78, 5) is 13.6. The zero-order valence-corrected chi connectivity index (χ0v) is 5.94. The van der Waals surface area contributed by atoms with Crippen LogP contribution in [0.5, 0.6) is 0 Å². The van der Waals surface area contributed by atoms with E-state index in [0.717, 1.165) is 0 Å². The molecule has 0 atom stereocenters. The first-order chi connectivity index (χ1) is 4.83. The molecule has 0 saturated heterocycles. The highest BCUT2D eigenvalue weighted by atomic mass is 32.1. The van der Waals surface area contributed by atoms with Gasteiger partial charge in [-0.3, -0.25) is 4.79 Å². The first-order valence-corrected chi connectivity index (χ1v) is 3.51. The third kappa shape index (κ3) is 1.70. The molecule has 1 aromatic heterocycles. The third-order valence-corrected chi connectivity index (χ3v) is 1.54. The van der Waals surface area contributed by atoms with E-state index >= 15 is 0 Å². The van der Waals surface area contributed by atoms with Gasteiger partial charge in [0, 0.05) is 5.38 Å². The van der Waals surface area contributed by atoms with Gasteiger partial charge in [-0.25, -0.2) is 4.98 Å². The molecular formula is C5H6N3OS. The number of hydrogen-bond acceptors (Lipinski definition) is 5. The summed E-state index contributed by atoms with van der Waals surface area (Å²) in [6.07, 6.45) is 1.69. The standard InChI is InChI=1S/C5H6N3OS/c6-5-8-4(3-10-5)7-1-2-9/h3,7H,1H2,(H2,6,8). The van der Waals surface area contributed by atoms with E-state index in [1.807, 2.05) is 0 Å². The molecule has 0 unspecified atom stereocenters. The number of nitrogen functional groups attached to an aromatic ring is 1. The summed E-state index contributed by atoms with van der Waals surface area (Å²) in [7, 11) is 0. The van der Waals surface area contributed by atoms with Crippen LogP contribution in [0.2, 0.25) is 0 Å². The number of rotatable bonds is 3. The fourth-order valence-corrected chi connectivity index (χ4v) is 1.01. The van der Waals surface area contributed by atoms with Crippen LogP contribution in [0.15, 0.2) is 5.38 Å². The lowest BCUT2D eigenvalue weighted by molar-refractivity contribution is 0.557. The van der Waals surface area contributed by atoms with E-state index in [9.17, 15) is 4.79 Å². The number of thiazole rings is 1. The Morgan fingerprint density at radius 3 is 3.20 bits per heavy atom. The molecule has 1 radical (unpaired) electrons. The van der Waals surface area contributed by atoms with Crippen molar-refractivity contribution in [1.82, 2.24) is 4.98 Å². The lowest BCUT2D eigenvalue weighted by Gasteiger charge is -1.91. The molecule has 0 fully saturated rings. The van der Waals surface area contributed by atoms with Crippen LogP contribution >= 0.6 is 11.3 Å². The van der Waals surface area contributed by atoms with Crippen molar-refractivity contribution in [3.8, 4) is 0 Å². The lowest BCUT2D eigenvalue weighted by Crippen LogP contribution is -2.01. The van der Waals surface area contributed by atoms with Crippen molar-refractivity contribution in [2.75, 3.05) is 17.6 Å². The van der Waals surface area contributed by atoms with Crippen LogP contribution in [-0.2, 0) is 4.79 Å². The van der Waals surface area contributed by atoms with Crippen LogP contribution in [0.1, 0.15) is 0 Å². The number of nitrogens with two attached hydrogens (primary N) is 1. The Balaban J connectivity index is 2.49. The summed E-state index contributed by atoms with van der Waals surface area (Å²) in [6, 6.07) is 0. The molecule has 0 aliphatic rings. The fraction of sp³-hybridized carbons (Fsp3) is 0.200. The molecule has 1 aromatic rings. The first kappa shape index (κ1) is 7.01. The summed E-state index contributed by atoms with van der Waals surface area (Å²) in [5, 5.41) is 4.95. The molecule has 1 heterocycles. The maximum Gasteiger partial charge on any atom is 0.219 e. The molecule has 0 amide bonds. The van der Waals surface area contributed by atoms with Crippen molar-refractivity contribution in [2.24, 2.45) is 0 Å². The number of hydrogen-bond donors (Lipinski definition) is 2. The van der Waals surface area contributed by atoms with E-state index in [2.05, 4.69) is 10.3 Å². The number of anilines is 2. The van der Waals surface area contributed by atoms with Gasteiger partial charge in [-0.05, 0) is 0 Å². The van der Waals surface area contributed by atoms with Crippen LogP contribution in [-0.4, -0.2) is 17.8 Å². The van der Waals surface area contributed by atoms with Crippen molar-refractivity contribution in [2.45, 2.75) is 0 Å². The maximum absolute atomic E-state index is 9.74. The van der Waals surface area contributed by atoms with Crippen molar-refractivity contribution >= 4 is 28.6 Å². The highest BCUT2D eigenvalue weighted by Crippen LogP contribution is 2.14. The topological polar surface area (TPSA) is 68.0 Å². The van der Waals surface area contributed by atoms with E-state index in [0.29, 0.717) is 10.9 Å². The van der Waals surface area contributed by atoms with Crippen LogP contribution < -0.4 is 11.1 Å². The zero-order valence-electron chi connectivity index (χ0n) is 5.13. The maximum atomic E-state index is 9.74. The van der Waals surface area contributed by atoms with E-state index in [4.69, 9.17) is 5.73 Å². The zero-order chi connectivity index (χ0) is 7.40. The van der Waals surface area contributed by atoms with Gasteiger partial charge in [0.1, 0.15) is 5.82 Å². The van der Waals surface area contributed by atoms with Gasteiger partial charge in [-0.1, -0.05) is 0 Å². The highest BCUT2D eigenvalue weighted by molar-refractivity contribution is 7.13. The molecule has 0 aliphatic carbocycles. The van der Waals surface area contributed by atoms with Gasteiger partial charge in [0.15, 0.2) is 5.13 Å². The monoisotopic (exact) mass is 156 g/mol. The van der Waals surface area contributed by atoms with Gasteiger partial charge in [0.05, 0.1) is 6.54 Å². The second-order valence-corrected chi connectivity index (χ2v) is 2.46. The third-order valence-electron chi connectivity index (χ3n) is 0.864. The molecule has 5 heteroatoms. The van der Waals surface area contributed by atoms with Gasteiger partial charge < -0.3 is 11.1 Å². The van der Waals surface area contributed by atoms with Gasteiger partial charge in [0.2, 0.25) is 6.29 Å². The largest absolute Gasteiger partial charge is 0.375 e. The molecular weight excluding hydrogens is 150 g/mol. The van der Waals surface area contributed by atoms with Gasteiger partial charge in [-0.2, -0.15) is 0 Å². The fourth-order valence-electron chi connectivity index (χ4n) is 0.495. The second kappa shape index (κ2) is 3.17. The second-order valence-electron chi connectivity index (χ2n) is 1.57. The van der Waals surface area contributed by atoms with Crippen molar-refractivity contribution in [3.63, 3.8) is 0 Å². The van der Waals surface area contributed by atoms with Crippen molar-refractivity contribution in [1.29, 1.82) is 0 Å². The molecule has 4 nitrogen and oxygen atoms in total. The quantitative estimate of drug-likeness (QED) is 0.658. The average molecular weight is 156 g/mol. The summed E-state index contributed by atoms with van der Waals surface area (Å²) in [5.41, 5.74) is 5.32. The van der Waals surface area contributed by atoms with E-state index < -0.39 is 0 Å². The predicted octanol–water partition coefficient (Wildman–Crippen LogP) is 0.247. The Hall–Kier alpha value is -1.10. The Morgan fingerprint density at radius 2 is 2.70 bits per heavy atom. The Morgan fingerprint density at radius 1 is 1.90 bits per heavy atom. The van der Waals surface area contributed by atoms with Gasteiger partial charge >= 0.3 is 0 Å². The Kier molecular flexibility index (Phi) is 2.22. The van der Waals surface area contributed by atoms with E-state index in [-0.39, 0.29) is 6.54 Å². The Labute approximate surface area is 62.1 Å². The molecule has 0 bridgehead atoms. The number of nitrogens with one attached hydrogen (secondary N) is 1. The van der Waals surface area contributed by atoms with Crippen LogP contribution in [0, 0.1) is 0 Å². The van der Waals surface area contributed by atoms with Crippen molar-refractivity contribution in [3.05, 3.63) is 5.38 Å². The molecule has 0 spiro atoms. The number of aromatic nitrogens is 1. The lowest BCUT2D eigenvalue weighted by atomic mass is 10.7. The Bertz CT molecular complexity index is 222. The minimum absolute atomic E-state index is 0.156. The van der Waals surface area contributed by atoms with Crippen LogP contribution in [0.4, 0.5) is 10.9 Å². The van der Waals surface area contributed by atoms with Crippen LogP contribution in [0.25, 0.3) is 0 Å². The molecule has 0 aliphatic heterocycles. The summed E-state index contributed by atoms with van der Waals surface area (Å²) >= 11 is 1.33. The summed E-state index contributed by atoms with van der Waals surface area (Å²) < 4.78 is 0. The molecule has 0 aromatic carbocycles. The molecule has 3 N–H and O–H groups in total. The van der Waals surface area contributed by atoms with E-state index in [1.165, 1.54) is 11.3 Å². The van der Waals surface area contributed by atoms with E-state index in [1.54, 1.807) is 11.7 Å². The minimum atomic E-state index is 0.156. The van der Waals surface area contributed by atoms with Crippen molar-refractivity contribution < 1.29 is 4.79 Å². The molecule has 53 valence electrons. The number of nitrogens with zero attached hydrogens (tertiary/aromatic N) is 1. The molecule has 0 saturated carbocycles. The molecule has 10 heavy (non-hydrogen) atoms.